The van der Waals surface area contributed by atoms with E-state index in [1.54, 1.807) is 0 Å². The Morgan fingerprint density at radius 2 is 1.58 bits per heavy atom. The van der Waals surface area contributed by atoms with Gasteiger partial charge in [0.2, 0.25) is 5.95 Å². The number of carbonyl (C=O) groups excluding carboxylic acids is 1. The zero-order valence-electron chi connectivity index (χ0n) is 18.4. The SMILES string of the molecule is Cc1cc(N2CCN(C)CC2)nc(N2CCN(C(=O)c3ccc4c(c3)COC4)CC2)n1. The molecule has 2 aromatic rings. The molecule has 2 fully saturated rings. The van der Waals surface area contributed by atoms with Crippen LogP contribution in [0.15, 0.2) is 24.3 Å². The maximum atomic E-state index is 13.0. The van der Waals surface area contributed by atoms with E-state index in [9.17, 15) is 4.79 Å². The van der Waals surface area contributed by atoms with Crippen molar-refractivity contribution in [3.63, 3.8) is 0 Å². The summed E-state index contributed by atoms with van der Waals surface area (Å²) in [5, 5.41) is 0. The van der Waals surface area contributed by atoms with Crippen LogP contribution in [0.2, 0.25) is 0 Å². The fourth-order valence-corrected chi connectivity index (χ4v) is 4.47. The number of nitrogens with zero attached hydrogens (tertiary/aromatic N) is 6. The Hall–Kier alpha value is -2.71. The van der Waals surface area contributed by atoms with Crippen LogP contribution in [0.5, 0.6) is 0 Å². The molecule has 8 heteroatoms. The second-order valence-corrected chi connectivity index (χ2v) is 8.71. The first kappa shape index (κ1) is 20.2. The highest BCUT2D eigenvalue weighted by Gasteiger charge is 2.25. The van der Waals surface area contributed by atoms with Gasteiger partial charge in [-0.05, 0) is 37.2 Å². The van der Waals surface area contributed by atoms with E-state index >= 15 is 0 Å². The molecule has 1 amide bonds. The van der Waals surface area contributed by atoms with Crippen molar-refractivity contribution in [1.29, 1.82) is 0 Å². The van der Waals surface area contributed by atoms with Gasteiger partial charge >= 0.3 is 0 Å². The zero-order valence-corrected chi connectivity index (χ0v) is 18.4. The molecule has 1 aromatic carbocycles. The van der Waals surface area contributed by atoms with Crippen molar-refractivity contribution in [3.8, 4) is 0 Å². The molecule has 164 valence electrons. The lowest BCUT2D eigenvalue weighted by Crippen LogP contribution is -2.49. The smallest absolute Gasteiger partial charge is 0.253 e. The maximum absolute atomic E-state index is 13.0. The number of aromatic nitrogens is 2. The van der Waals surface area contributed by atoms with E-state index < -0.39 is 0 Å². The minimum absolute atomic E-state index is 0.0950. The van der Waals surface area contributed by atoms with Crippen LogP contribution in [0.25, 0.3) is 0 Å². The van der Waals surface area contributed by atoms with E-state index in [-0.39, 0.29) is 5.91 Å². The van der Waals surface area contributed by atoms with Crippen molar-refractivity contribution in [2.45, 2.75) is 20.1 Å². The molecule has 0 bridgehead atoms. The Morgan fingerprint density at radius 1 is 0.871 bits per heavy atom. The van der Waals surface area contributed by atoms with Crippen molar-refractivity contribution >= 4 is 17.7 Å². The van der Waals surface area contributed by atoms with Gasteiger partial charge in [0, 0.05) is 69.7 Å². The van der Waals surface area contributed by atoms with Gasteiger partial charge < -0.3 is 24.3 Å². The molecular formula is C23H30N6O2. The third kappa shape index (κ3) is 4.22. The van der Waals surface area contributed by atoms with Crippen molar-refractivity contribution in [1.82, 2.24) is 19.8 Å². The summed E-state index contributed by atoms with van der Waals surface area (Å²) in [5.74, 6) is 1.88. The minimum Gasteiger partial charge on any atom is -0.372 e. The molecular weight excluding hydrogens is 392 g/mol. The maximum Gasteiger partial charge on any atom is 0.253 e. The first-order valence-electron chi connectivity index (χ1n) is 11.1. The summed E-state index contributed by atoms with van der Waals surface area (Å²) in [7, 11) is 2.16. The van der Waals surface area contributed by atoms with Crippen LogP contribution in [0.4, 0.5) is 11.8 Å². The molecule has 8 nitrogen and oxygen atoms in total. The number of anilines is 2. The highest BCUT2D eigenvalue weighted by molar-refractivity contribution is 5.94. The first-order chi connectivity index (χ1) is 15.1. The number of fused-ring (bicyclic) bond motifs is 1. The molecule has 5 rings (SSSR count). The fourth-order valence-electron chi connectivity index (χ4n) is 4.47. The van der Waals surface area contributed by atoms with Gasteiger partial charge in [0.25, 0.3) is 5.91 Å². The van der Waals surface area contributed by atoms with Crippen LogP contribution in [-0.2, 0) is 18.0 Å². The van der Waals surface area contributed by atoms with Gasteiger partial charge in [-0.3, -0.25) is 4.79 Å². The van der Waals surface area contributed by atoms with Crippen LogP contribution in [0, 0.1) is 6.92 Å². The molecule has 0 atom stereocenters. The molecule has 2 saturated heterocycles. The second kappa shape index (κ2) is 8.43. The van der Waals surface area contributed by atoms with Crippen LogP contribution in [0.1, 0.15) is 27.2 Å². The van der Waals surface area contributed by atoms with Crippen molar-refractivity contribution in [2.24, 2.45) is 0 Å². The molecule has 3 aliphatic rings. The number of hydrogen-bond acceptors (Lipinski definition) is 7. The second-order valence-electron chi connectivity index (χ2n) is 8.71. The standard InChI is InChI=1S/C23H30N6O2/c1-17-13-21(27-7-5-26(2)6-8-27)25-23(24-17)29-11-9-28(10-12-29)22(30)18-3-4-19-15-31-16-20(19)14-18/h3-4,13-14H,5-12,15-16H2,1-2H3. The lowest BCUT2D eigenvalue weighted by molar-refractivity contribution is 0.0746. The molecule has 0 spiro atoms. The highest BCUT2D eigenvalue weighted by Crippen LogP contribution is 2.23. The summed E-state index contributed by atoms with van der Waals surface area (Å²) in [5.41, 5.74) is 4.06. The molecule has 0 radical (unpaired) electrons. The Balaban J connectivity index is 1.24. The number of carbonyl (C=O) groups is 1. The Kier molecular flexibility index (Phi) is 5.50. The van der Waals surface area contributed by atoms with Gasteiger partial charge in [-0.15, -0.1) is 0 Å². The predicted molar refractivity (Wildman–Crippen MR) is 120 cm³/mol. The summed E-state index contributed by atoms with van der Waals surface area (Å²) in [6, 6.07) is 8.01. The zero-order chi connectivity index (χ0) is 21.4. The van der Waals surface area contributed by atoms with Crippen LogP contribution < -0.4 is 9.80 Å². The molecule has 1 aromatic heterocycles. The molecule has 0 N–H and O–H groups in total. The highest BCUT2D eigenvalue weighted by atomic mass is 16.5. The van der Waals surface area contributed by atoms with Crippen LogP contribution >= 0.6 is 0 Å². The van der Waals surface area contributed by atoms with Gasteiger partial charge in [0.05, 0.1) is 13.2 Å². The van der Waals surface area contributed by atoms with Gasteiger partial charge in [-0.2, -0.15) is 4.98 Å². The molecule has 3 aliphatic heterocycles. The number of hydrogen-bond donors (Lipinski definition) is 0. The number of ether oxygens (including phenoxy) is 1. The van der Waals surface area contributed by atoms with E-state index in [2.05, 4.69) is 27.8 Å². The van der Waals surface area contributed by atoms with E-state index in [1.807, 2.05) is 30.0 Å². The summed E-state index contributed by atoms with van der Waals surface area (Å²) >= 11 is 0. The van der Waals surface area contributed by atoms with E-state index in [0.29, 0.717) is 26.3 Å². The molecule has 31 heavy (non-hydrogen) atoms. The lowest BCUT2D eigenvalue weighted by Gasteiger charge is -2.36. The first-order valence-corrected chi connectivity index (χ1v) is 11.1. The average Bonchev–Trinajstić information content (AvgIpc) is 3.27. The monoisotopic (exact) mass is 422 g/mol. The number of aryl methyl sites for hydroxylation is 1. The normalized spacial score (nSPS) is 19.6. The Labute approximate surface area is 183 Å². The summed E-state index contributed by atoms with van der Waals surface area (Å²) < 4.78 is 5.48. The van der Waals surface area contributed by atoms with Crippen molar-refractivity contribution in [3.05, 3.63) is 46.6 Å². The number of amides is 1. The number of benzene rings is 1. The number of rotatable bonds is 3. The van der Waals surface area contributed by atoms with Gasteiger partial charge in [-0.1, -0.05) is 6.07 Å². The average molecular weight is 423 g/mol. The number of likely N-dealkylation sites (N-methyl/N-ethyl adjacent to an activating group) is 1. The largest absolute Gasteiger partial charge is 0.372 e. The van der Waals surface area contributed by atoms with Crippen LogP contribution in [0.3, 0.4) is 0 Å². The van der Waals surface area contributed by atoms with Crippen molar-refractivity contribution in [2.75, 3.05) is 69.2 Å². The van der Waals surface area contributed by atoms with Crippen molar-refractivity contribution < 1.29 is 9.53 Å². The van der Waals surface area contributed by atoms with E-state index in [1.165, 1.54) is 5.56 Å². The Morgan fingerprint density at radius 3 is 2.35 bits per heavy atom. The summed E-state index contributed by atoms with van der Waals surface area (Å²) in [6.07, 6.45) is 0. The molecule has 0 saturated carbocycles. The van der Waals surface area contributed by atoms with E-state index in [0.717, 1.165) is 67.9 Å². The van der Waals surface area contributed by atoms with E-state index in [4.69, 9.17) is 14.7 Å². The molecule has 4 heterocycles. The summed E-state index contributed by atoms with van der Waals surface area (Å²) in [6.45, 7) is 10.2. The third-order valence-corrected chi connectivity index (χ3v) is 6.47. The van der Waals surface area contributed by atoms with Crippen LogP contribution in [-0.4, -0.2) is 85.1 Å². The quantitative estimate of drug-likeness (QED) is 0.743. The lowest BCUT2D eigenvalue weighted by atomic mass is 10.1. The molecule has 0 aliphatic carbocycles. The summed E-state index contributed by atoms with van der Waals surface area (Å²) in [4.78, 5) is 31.4. The fraction of sp³-hybridized carbons (Fsp3) is 0.522. The molecule has 0 unspecified atom stereocenters. The van der Waals surface area contributed by atoms with Gasteiger partial charge in [0.15, 0.2) is 0 Å². The minimum atomic E-state index is 0.0950. The Bertz CT molecular complexity index is 965. The van der Waals surface area contributed by atoms with Gasteiger partial charge in [-0.25, -0.2) is 4.98 Å². The topological polar surface area (TPSA) is 65.0 Å². The third-order valence-electron chi connectivity index (χ3n) is 6.47. The number of piperazine rings is 2. The predicted octanol–water partition coefficient (Wildman–Crippen LogP) is 1.53. The van der Waals surface area contributed by atoms with Gasteiger partial charge in [0.1, 0.15) is 5.82 Å².